The van der Waals surface area contributed by atoms with E-state index in [1.165, 1.54) is 31.0 Å². The van der Waals surface area contributed by atoms with Gasteiger partial charge in [-0.1, -0.05) is 11.6 Å². The molecule has 7 heteroatoms. The normalized spacial score (nSPS) is 10.2. The Labute approximate surface area is 100 Å². The van der Waals surface area contributed by atoms with Gasteiger partial charge in [0.15, 0.2) is 5.78 Å². The van der Waals surface area contributed by atoms with Crippen LogP contribution in [0.25, 0.3) is 0 Å². The van der Waals surface area contributed by atoms with Gasteiger partial charge in [0.25, 0.3) is 0 Å². The first-order chi connectivity index (χ1) is 8.09. The average molecular weight is 252 g/mol. The van der Waals surface area contributed by atoms with Crippen molar-refractivity contribution in [3.8, 4) is 0 Å². The van der Waals surface area contributed by atoms with E-state index in [1.807, 2.05) is 0 Å². The summed E-state index contributed by atoms with van der Waals surface area (Å²) in [5.74, 6) is -0.421. The van der Waals surface area contributed by atoms with E-state index in [-0.39, 0.29) is 16.3 Å². The molecule has 0 aliphatic carbocycles. The molecule has 6 nitrogen and oxygen atoms in total. The van der Waals surface area contributed by atoms with Crippen LogP contribution in [-0.2, 0) is 0 Å². The number of hydrogen-bond donors (Lipinski definition) is 1. The van der Waals surface area contributed by atoms with Crippen molar-refractivity contribution < 1.29 is 14.7 Å². The van der Waals surface area contributed by atoms with E-state index in [4.69, 9.17) is 16.7 Å². The zero-order chi connectivity index (χ0) is 12.4. The van der Waals surface area contributed by atoms with Gasteiger partial charge in [-0.05, 0) is 6.07 Å². The summed E-state index contributed by atoms with van der Waals surface area (Å²) >= 11 is 5.74. The molecule has 0 spiro atoms. The summed E-state index contributed by atoms with van der Waals surface area (Å²) in [5.41, 5.74) is 0.349. The van der Waals surface area contributed by atoms with Crippen LogP contribution in [-0.4, -0.2) is 31.5 Å². The molecule has 0 saturated heterocycles. The first kappa shape index (κ1) is 11.3. The lowest BCUT2D eigenvalue weighted by Gasteiger charge is -1.98. The third kappa shape index (κ3) is 2.16. The van der Waals surface area contributed by atoms with Gasteiger partial charge in [0, 0.05) is 24.2 Å². The Morgan fingerprint density at radius 3 is 2.76 bits per heavy atom. The van der Waals surface area contributed by atoms with Crippen LogP contribution >= 0.6 is 11.6 Å². The van der Waals surface area contributed by atoms with Crippen LogP contribution < -0.4 is 0 Å². The number of halogens is 1. The minimum atomic E-state index is -1.17. The zero-order valence-corrected chi connectivity index (χ0v) is 9.13. The van der Waals surface area contributed by atoms with E-state index in [1.54, 1.807) is 0 Å². The van der Waals surface area contributed by atoms with Crippen LogP contribution in [0.4, 0.5) is 4.79 Å². The van der Waals surface area contributed by atoms with E-state index in [0.717, 1.165) is 4.57 Å². The molecular formula is C10H6ClN3O3. The van der Waals surface area contributed by atoms with Crippen molar-refractivity contribution >= 4 is 23.5 Å². The van der Waals surface area contributed by atoms with Gasteiger partial charge >= 0.3 is 6.09 Å². The zero-order valence-electron chi connectivity index (χ0n) is 8.37. The lowest BCUT2D eigenvalue weighted by molar-refractivity contribution is 0.103. The van der Waals surface area contributed by atoms with Crippen LogP contribution in [0.15, 0.2) is 31.0 Å². The van der Waals surface area contributed by atoms with E-state index >= 15 is 0 Å². The molecule has 0 unspecified atom stereocenters. The monoisotopic (exact) mass is 251 g/mol. The second-order valence-electron chi connectivity index (χ2n) is 3.15. The van der Waals surface area contributed by atoms with Gasteiger partial charge in [-0.25, -0.2) is 14.8 Å². The van der Waals surface area contributed by atoms with E-state index in [2.05, 4.69) is 9.97 Å². The summed E-state index contributed by atoms with van der Waals surface area (Å²) in [6, 6.07) is 1.39. The van der Waals surface area contributed by atoms with Crippen LogP contribution in [0.2, 0.25) is 5.15 Å². The number of carboxylic acid groups (broad SMARTS) is 1. The molecule has 17 heavy (non-hydrogen) atoms. The predicted molar refractivity (Wildman–Crippen MR) is 58.3 cm³/mol. The quantitative estimate of drug-likeness (QED) is 0.648. The Kier molecular flexibility index (Phi) is 2.88. The molecule has 0 aromatic carbocycles. The lowest BCUT2D eigenvalue weighted by atomic mass is 10.1. The molecular weight excluding hydrogens is 246 g/mol. The fourth-order valence-electron chi connectivity index (χ4n) is 1.27. The summed E-state index contributed by atoms with van der Waals surface area (Å²) in [7, 11) is 0. The van der Waals surface area contributed by atoms with E-state index < -0.39 is 11.9 Å². The fraction of sp³-hybridized carbons (Fsp3) is 0. The highest BCUT2D eigenvalue weighted by Gasteiger charge is 2.16. The van der Waals surface area contributed by atoms with Gasteiger partial charge in [0.2, 0.25) is 0 Å². The minimum Gasteiger partial charge on any atom is -0.464 e. The van der Waals surface area contributed by atoms with Gasteiger partial charge in [-0.15, -0.1) is 0 Å². The Hall–Kier alpha value is -2.21. The van der Waals surface area contributed by atoms with E-state index in [9.17, 15) is 9.59 Å². The van der Waals surface area contributed by atoms with Crippen molar-refractivity contribution in [3.05, 3.63) is 47.3 Å². The fourth-order valence-corrected chi connectivity index (χ4v) is 1.45. The second-order valence-corrected chi connectivity index (χ2v) is 3.50. The molecule has 2 aromatic rings. The maximum Gasteiger partial charge on any atom is 0.415 e. The van der Waals surface area contributed by atoms with Gasteiger partial charge in [-0.3, -0.25) is 9.36 Å². The predicted octanol–water partition coefficient (Wildman–Crippen LogP) is 1.69. The first-order valence-corrected chi connectivity index (χ1v) is 4.89. The molecule has 86 valence electrons. The maximum absolute atomic E-state index is 11.9. The minimum absolute atomic E-state index is 0.0353. The maximum atomic E-state index is 11.9. The molecule has 2 aromatic heterocycles. The largest absolute Gasteiger partial charge is 0.464 e. The number of aromatic nitrogens is 3. The molecule has 0 aliphatic rings. The molecule has 0 aliphatic heterocycles. The summed E-state index contributed by atoms with van der Waals surface area (Å²) in [5, 5.41) is 8.74. The summed E-state index contributed by atoms with van der Waals surface area (Å²) < 4.78 is 0.880. The second kappa shape index (κ2) is 4.34. The third-order valence-corrected chi connectivity index (χ3v) is 2.39. The number of nitrogens with zero attached hydrogens (tertiary/aromatic N) is 3. The molecule has 2 heterocycles. The van der Waals surface area contributed by atoms with Crippen molar-refractivity contribution in [2.75, 3.05) is 0 Å². The summed E-state index contributed by atoms with van der Waals surface area (Å²) in [6.45, 7) is 0. The SMILES string of the molecule is O=C(c1ccn(C(=O)O)c1)c1cncnc1Cl. The highest BCUT2D eigenvalue weighted by atomic mass is 35.5. The number of carbonyl (C=O) groups is 2. The molecule has 0 atom stereocenters. The van der Waals surface area contributed by atoms with Gasteiger partial charge in [0.05, 0.1) is 5.56 Å². The Morgan fingerprint density at radius 1 is 1.41 bits per heavy atom. The topological polar surface area (TPSA) is 85.1 Å². The number of carbonyl (C=O) groups excluding carboxylic acids is 1. The van der Waals surface area contributed by atoms with Crippen molar-refractivity contribution in [1.82, 2.24) is 14.5 Å². The standard InChI is InChI=1S/C10H6ClN3O3/c11-9-7(3-12-5-13-9)8(15)6-1-2-14(4-6)10(16)17/h1-5H,(H,16,17). The molecule has 1 N–H and O–H groups in total. The molecule has 0 radical (unpaired) electrons. The number of hydrogen-bond acceptors (Lipinski definition) is 4. The molecule has 2 rings (SSSR count). The van der Waals surface area contributed by atoms with Gasteiger partial charge in [0.1, 0.15) is 11.5 Å². The molecule has 0 saturated carbocycles. The first-order valence-electron chi connectivity index (χ1n) is 4.51. The van der Waals surface area contributed by atoms with Gasteiger partial charge in [-0.2, -0.15) is 0 Å². The van der Waals surface area contributed by atoms with Crippen molar-refractivity contribution in [1.29, 1.82) is 0 Å². The number of rotatable bonds is 2. The summed E-state index contributed by atoms with van der Waals surface area (Å²) in [4.78, 5) is 29.9. The van der Waals surface area contributed by atoms with Crippen LogP contribution in [0.5, 0.6) is 0 Å². The van der Waals surface area contributed by atoms with Crippen LogP contribution in [0, 0.1) is 0 Å². The molecule has 0 amide bonds. The smallest absolute Gasteiger partial charge is 0.415 e. The van der Waals surface area contributed by atoms with Crippen molar-refractivity contribution in [2.24, 2.45) is 0 Å². The Balaban J connectivity index is 2.37. The molecule has 0 fully saturated rings. The summed E-state index contributed by atoms with van der Waals surface area (Å²) in [6.07, 6.45) is 3.82. The van der Waals surface area contributed by atoms with Crippen molar-refractivity contribution in [2.45, 2.75) is 0 Å². The average Bonchev–Trinajstić information content (AvgIpc) is 2.78. The Morgan fingerprint density at radius 2 is 2.18 bits per heavy atom. The Bertz CT molecular complexity index is 594. The van der Waals surface area contributed by atoms with E-state index in [0.29, 0.717) is 0 Å². The number of ketones is 1. The molecule has 0 bridgehead atoms. The van der Waals surface area contributed by atoms with Gasteiger partial charge < -0.3 is 5.11 Å². The highest BCUT2D eigenvalue weighted by Crippen LogP contribution is 2.15. The van der Waals surface area contributed by atoms with Crippen molar-refractivity contribution in [3.63, 3.8) is 0 Å². The highest BCUT2D eigenvalue weighted by molar-refractivity contribution is 6.33. The lowest BCUT2D eigenvalue weighted by Crippen LogP contribution is -2.06. The van der Waals surface area contributed by atoms with Crippen LogP contribution in [0.3, 0.4) is 0 Å². The third-order valence-electron chi connectivity index (χ3n) is 2.08. The van der Waals surface area contributed by atoms with Crippen LogP contribution in [0.1, 0.15) is 15.9 Å².